The Morgan fingerprint density at radius 3 is 2.42 bits per heavy atom. The molecule has 12 heavy (non-hydrogen) atoms. The molecule has 0 radical (unpaired) electrons. The number of benzene rings is 1. The van der Waals surface area contributed by atoms with Gasteiger partial charge in [0.15, 0.2) is 0 Å². The number of rotatable bonds is 1. The van der Waals surface area contributed by atoms with Crippen molar-refractivity contribution in [3.8, 4) is 6.07 Å². The molecule has 5 heteroatoms. The summed E-state index contributed by atoms with van der Waals surface area (Å²) in [5, 5.41) is 8.32. The highest BCUT2D eigenvalue weighted by atomic mass is 19.4. The van der Waals surface area contributed by atoms with Crippen LogP contribution in [-0.2, 0) is 0 Å². The van der Waals surface area contributed by atoms with Crippen molar-refractivity contribution in [3.05, 3.63) is 29.8 Å². The second kappa shape index (κ2) is 2.90. The molecule has 62 valence electrons. The number of nitrogens with zero attached hydrogens (tertiary/aromatic N) is 1. The molecule has 1 rings (SSSR count). The van der Waals surface area contributed by atoms with Crippen LogP contribution in [0.3, 0.4) is 0 Å². The molecule has 0 atom stereocenters. The fourth-order valence-electron chi connectivity index (χ4n) is 0.812. The Morgan fingerprint density at radius 1 is 1.25 bits per heavy atom. The molecule has 0 heterocycles. The highest BCUT2D eigenvalue weighted by molar-refractivity contribution is 6.73. The van der Waals surface area contributed by atoms with Crippen LogP contribution in [0, 0.1) is 11.3 Å². The zero-order valence-electron chi connectivity index (χ0n) is 5.97. The average molecular weight is 170 g/mol. The first-order chi connectivity index (χ1) is 5.54. The summed E-state index contributed by atoms with van der Waals surface area (Å²) in [7, 11) is 0. The summed E-state index contributed by atoms with van der Waals surface area (Å²) in [6.07, 6.45) is 0. The Kier molecular flexibility index (Phi) is 2.09. The molecule has 0 bridgehead atoms. The number of nitriles is 1. The summed E-state index contributed by atoms with van der Waals surface area (Å²) in [6, 6.07) is 6.02. The monoisotopic (exact) mass is 170 g/mol. The second-order valence-electron chi connectivity index (χ2n) is 2.31. The average Bonchev–Trinajstić information content (AvgIpc) is 2.03. The third kappa shape index (κ3) is 1.79. The standard InChI is InChI=1S/C7H4BF3N/c9-8(10,11)7-3-1-2-6(4-7)5-12/h1-4H/q-1. The molecule has 1 aromatic rings. The molecule has 0 unspecified atom stereocenters. The van der Waals surface area contributed by atoms with Crippen LogP contribution < -0.4 is 5.46 Å². The topological polar surface area (TPSA) is 23.8 Å². The molecule has 1 nitrogen and oxygen atoms in total. The maximum atomic E-state index is 12.1. The summed E-state index contributed by atoms with van der Waals surface area (Å²) >= 11 is 0. The van der Waals surface area contributed by atoms with Crippen molar-refractivity contribution in [2.45, 2.75) is 0 Å². The Bertz CT molecular complexity index is 326. The van der Waals surface area contributed by atoms with Crippen molar-refractivity contribution in [1.29, 1.82) is 5.26 Å². The van der Waals surface area contributed by atoms with Crippen LogP contribution in [-0.4, -0.2) is 6.98 Å². The largest absolute Gasteiger partial charge is 0.509 e. The van der Waals surface area contributed by atoms with Gasteiger partial charge in [-0.3, -0.25) is 0 Å². The predicted octanol–water partition coefficient (Wildman–Crippen LogP) is 1.61. The van der Waals surface area contributed by atoms with Gasteiger partial charge < -0.3 is 12.9 Å². The van der Waals surface area contributed by atoms with E-state index in [2.05, 4.69) is 0 Å². The van der Waals surface area contributed by atoms with Crippen LogP contribution in [0.4, 0.5) is 12.9 Å². The molecule has 0 aliphatic rings. The summed E-state index contributed by atoms with van der Waals surface area (Å²) in [6.45, 7) is -4.98. The zero-order chi connectivity index (χ0) is 9.19. The van der Waals surface area contributed by atoms with Gasteiger partial charge in [-0.05, 0) is 6.07 Å². The molecule has 0 spiro atoms. The Labute approximate surface area is 67.5 Å². The fraction of sp³-hybridized carbons (Fsp3) is 0. The molecule has 0 saturated carbocycles. The van der Waals surface area contributed by atoms with Crippen molar-refractivity contribution >= 4 is 12.4 Å². The normalized spacial score (nSPS) is 10.8. The van der Waals surface area contributed by atoms with E-state index in [0.29, 0.717) is 0 Å². The van der Waals surface area contributed by atoms with Crippen LogP contribution in [0.1, 0.15) is 5.56 Å². The van der Waals surface area contributed by atoms with Gasteiger partial charge in [-0.25, -0.2) is 0 Å². The summed E-state index contributed by atoms with van der Waals surface area (Å²) < 4.78 is 36.2. The second-order valence-corrected chi connectivity index (χ2v) is 2.31. The van der Waals surface area contributed by atoms with Gasteiger partial charge in [0.1, 0.15) is 0 Å². The van der Waals surface area contributed by atoms with Crippen molar-refractivity contribution in [1.82, 2.24) is 0 Å². The molecule has 0 aromatic heterocycles. The minimum atomic E-state index is -4.98. The smallest absolute Gasteiger partial charge is 0.445 e. The lowest BCUT2D eigenvalue weighted by atomic mass is 9.79. The van der Waals surface area contributed by atoms with Gasteiger partial charge in [0.2, 0.25) is 0 Å². The van der Waals surface area contributed by atoms with Crippen LogP contribution in [0.25, 0.3) is 0 Å². The minimum Gasteiger partial charge on any atom is -0.445 e. The van der Waals surface area contributed by atoms with E-state index in [9.17, 15) is 12.9 Å². The molecule has 0 saturated heterocycles. The van der Waals surface area contributed by atoms with Crippen LogP contribution in [0.15, 0.2) is 24.3 Å². The maximum Gasteiger partial charge on any atom is 0.509 e. The van der Waals surface area contributed by atoms with Crippen molar-refractivity contribution < 1.29 is 12.9 Å². The quantitative estimate of drug-likeness (QED) is 0.587. The van der Waals surface area contributed by atoms with E-state index in [0.717, 1.165) is 12.1 Å². The lowest BCUT2D eigenvalue weighted by Gasteiger charge is -2.13. The predicted molar refractivity (Wildman–Crippen MR) is 39.9 cm³/mol. The molecule has 0 N–H and O–H groups in total. The minimum absolute atomic E-state index is 0.0340. The molecule has 0 fully saturated rings. The zero-order valence-corrected chi connectivity index (χ0v) is 5.97. The van der Waals surface area contributed by atoms with Gasteiger partial charge in [-0.15, -0.1) is 5.46 Å². The van der Waals surface area contributed by atoms with E-state index in [1.807, 2.05) is 0 Å². The first-order valence-electron chi connectivity index (χ1n) is 3.24. The van der Waals surface area contributed by atoms with E-state index in [4.69, 9.17) is 5.26 Å². The van der Waals surface area contributed by atoms with Gasteiger partial charge in [-0.1, -0.05) is 18.2 Å². The van der Waals surface area contributed by atoms with Crippen LogP contribution in [0.2, 0.25) is 0 Å². The molecular weight excluding hydrogens is 166 g/mol. The van der Waals surface area contributed by atoms with Crippen molar-refractivity contribution in [2.24, 2.45) is 0 Å². The van der Waals surface area contributed by atoms with Crippen LogP contribution in [0.5, 0.6) is 0 Å². The van der Waals surface area contributed by atoms with E-state index < -0.39 is 12.4 Å². The fourth-order valence-corrected chi connectivity index (χ4v) is 0.812. The van der Waals surface area contributed by atoms with E-state index in [-0.39, 0.29) is 5.56 Å². The third-order valence-electron chi connectivity index (χ3n) is 1.39. The van der Waals surface area contributed by atoms with Gasteiger partial charge in [0, 0.05) is 5.56 Å². The Morgan fingerprint density at radius 2 is 1.92 bits per heavy atom. The van der Waals surface area contributed by atoms with E-state index in [1.165, 1.54) is 12.1 Å². The number of halogens is 3. The highest BCUT2D eigenvalue weighted by Gasteiger charge is 2.25. The van der Waals surface area contributed by atoms with E-state index >= 15 is 0 Å². The van der Waals surface area contributed by atoms with Crippen molar-refractivity contribution in [3.63, 3.8) is 0 Å². The van der Waals surface area contributed by atoms with Crippen molar-refractivity contribution in [2.75, 3.05) is 0 Å². The van der Waals surface area contributed by atoms with Gasteiger partial charge >= 0.3 is 6.98 Å². The maximum absolute atomic E-state index is 12.1. The van der Waals surface area contributed by atoms with Gasteiger partial charge in [0.05, 0.1) is 6.07 Å². The summed E-state index contributed by atoms with van der Waals surface area (Å²) in [5.41, 5.74) is -0.694. The molecule has 0 aliphatic heterocycles. The Balaban J connectivity index is 3.13. The first-order valence-corrected chi connectivity index (χ1v) is 3.24. The Hall–Kier alpha value is -1.44. The lowest BCUT2D eigenvalue weighted by Crippen LogP contribution is -2.33. The molecule has 0 aliphatic carbocycles. The van der Waals surface area contributed by atoms with Gasteiger partial charge in [-0.2, -0.15) is 5.26 Å². The third-order valence-corrected chi connectivity index (χ3v) is 1.39. The first kappa shape index (κ1) is 8.66. The lowest BCUT2D eigenvalue weighted by molar-refractivity contribution is 0.501. The molecule has 1 aromatic carbocycles. The number of hydrogen-bond acceptors (Lipinski definition) is 1. The highest BCUT2D eigenvalue weighted by Crippen LogP contribution is 2.09. The van der Waals surface area contributed by atoms with E-state index in [1.54, 1.807) is 6.07 Å². The SMILES string of the molecule is N#Cc1cccc([B-](F)(F)F)c1. The van der Waals surface area contributed by atoms with Gasteiger partial charge in [0.25, 0.3) is 0 Å². The summed E-state index contributed by atoms with van der Waals surface area (Å²) in [5.74, 6) is 0. The summed E-state index contributed by atoms with van der Waals surface area (Å²) in [4.78, 5) is 0. The van der Waals surface area contributed by atoms with Crippen LogP contribution >= 0.6 is 0 Å². The molecular formula is C7H4BF3N-. The number of hydrogen-bond donors (Lipinski definition) is 0. The molecule has 0 amide bonds.